The highest BCUT2D eigenvalue weighted by molar-refractivity contribution is 5.89. The smallest absolute Gasteiger partial charge is 0.249 e. The van der Waals surface area contributed by atoms with Crippen molar-refractivity contribution in [1.29, 1.82) is 0 Å². The highest BCUT2D eigenvalue weighted by atomic mass is 16.5. The molecule has 1 unspecified atom stereocenters. The average molecular weight is 313 g/mol. The maximum absolute atomic E-state index is 6.09. The summed E-state index contributed by atoms with van der Waals surface area (Å²) in [6, 6.07) is 1.78. The molecule has 0 fully saturated rings. The third-order valence-electron chi connectivity index (χ3n) is 3.57. The summed E-state index contributed by atoms with van der Waals surface area (Å²) in [4.78, 5) is 17.5. The monoisotopic (exact) mass is 313 g/mol. The van der Waals surface area contributed by atoms with Crippen LogP contribution in [0.4, 0.5) is 11.8 Å². The fourth-order valence-electron chi connectivity index (χ4n) is 2.52. The molecule has 0 saturated heterocycles. The summed E-state index contributed by atoms with van der Waals surface area (Å²) >= 11 is 0. The lowest BCUT2D eigenvalue weighted by atomic mass is 10.1. The first-order valence-corrected chi connectivity index (χ1v) is 7.46. The zero-order valence-electron chi connectivity index (χ0n) is 13.6. The molecule has 0 aromatic carbocycles. The van der Waals surface area contributed by atoms with E-state index in [9.17, 15) is 0 Å². The lowest BCUT2D eigenvalue weighted by molar-refractivity contribution is 0.356. The van der Waals surface area contributed by atoms with Crippen LogP contribution in [0, 0.1) is 20.8 Å². The van der Waals surface area contributed by atoms with E-state index in [-0.39, 0.29) is 6.04 Å². The van der Waals surface area contributed by atoms with Crippen molar-refractivity contribution in [3.63, 3.8) is 0 Å². The molecule has 3 N–H and O–H groups in total. The number of fused-ring (bicyclic) bond motifs is 1. The predicted octanol–water partition coefficient (Wildman–Crippen LogP) is 2.48. The average Bonchev–Trinajstić information content (AvgIpc) is 2.90. The Kier molecular flexibility index (Phi) is 3.81. The molecular weight excluding hydrogens is 294 g/mol. The van der Waals surface area contributed by atoms with Gasteiger partial charge in [-0.15, -0.1) is 0 Å². The van der Waals surface area contributed by atoms with E-state index in [1.165, 1.54) is 0 Å². The van der Waals surface area contributed by atoms with Crippen LogP contribution in [-0.4, -0.2) is 25.1 Å². The van der Waals surface area contributed by atoms with Gasteiger partial charge in [0.2, 0.25) is 11.8 Å². The molecule has 3 heterocycles. The van der Waals surface area contributed by atoms with Gasteiger partial charge in [-0.3, -0.25) is 0 Å². The fraction of sp³-hybridized carbons (Fsp3) is 0.400. The first-order chi connectivity index (χ1) is 11.0. The Balaban J connectivity index is 1.99. The van der Waals surface area contributed by atoms with Crippen molar-refractivity contribution in [3.05, 3.63) is 29.0 Å². The Labute approximate surface area is 133 Å². The molecule has 0 aliphatic rings. The van der Waals surface area contributed by atoms with Crippen LogP contribution in [-0.2, 0) is 0 Å². The zero-order chi connectivity index (χ0) is 16.6. The van der Waals surface area contributed by atoms with Crippen molar-refractivity contribution in [3.8, 4) is 0 Å². The first kappa shape index (κ1) is 15.1. The van der Waals surface area contributed by atoms with Gasteiger partial charge in [0.05, 0.1) is 5.39 Å². The summed E-state index contributed by atoms with van der Waals surface area (Å²) in [5.74, 6) is 1.89. The van der Waals surface area contributed by atoms with Gasteiger partial charge < -0.3 is 15.6 Å². The van der Waals surface area contributed by atoms with Crippen molar-refractivity contribution >= 4 is 22.8 Å². The number of rotatable bonds is 4. The predicted molar refractivity (Wildman–Crippen MR) is 86.9 cm³/mol. The zero-order valence-corrected chi connectivity index (χ0v) is 13.6. The molecule has 0 radical (unpaired) electrons. The fourth-order valence-corrected chi connectivity index (χ4v) is 2.52. The van der Waals surface area contributed by atoms with Crippen molar-refractivity contribution in [2.24, 2.45) is 0 Å². The van der Waals surface area contributed by atoms with Gasteiger partial charge in [0, 0.05) is 5.69 Å². The molecule has 8 heteroatoms. The normalized spacial score (nSPS) is 12.5. The lowest BCUT2D eigenvalue weighted by Gasteiger charge is -2.14. The van der Waals surface area contributed by atoms with Crippen molar-refractivity contribution in [1.82, 2.24) is 25.1 Å². The van der Waals surface area contributed by atoms with Gasteiger partial charge >= 0.3 is 0 Å². The van der Waals surface area contributed by atoms with Crippen LogP contribution >= 0.6 is 0 Å². The SMILES string of the molecule is CCC(Nc1nc(N)c2c(C)cc(C)nc2n1)c1nc(C)no1. The van der Waals surface area contributed by atoms with E-state index < -0.39 is 0 Å². The maximum atomic E-state index is 6.09. The van der Waals surface area contributed by atoms with E-state index in [0.29, 0.717) is 29.1 Å². The van der Waals surface area contributed by atoms with E-state index in [0.717, 1.165) is 23.1 Å². The molecule has 23 heavy (non-hydrogen) atoms. The second kappa shape index (κ2) is 5.79. The Morgan fingerprint density at radius 2 is 1.96 bits per heavy atom. The number of nitrogens with two attached hydrogens (primary N) is 1. The first-order valence-electron chi connectivity index (χ1n) is 7.46. The van der Waals surface area contributed by atoms with E-state index >= 15 is 0 Å². The summed E-state index contributed by atoms with van der Waals surface area (Å²) in [6.07, 6.45) is 0.739. The van der Waals surface area contributed by atoms with E-state index in [1.807, 2.05) is 26.8 Å². The van der Waals surface area contributed by atoms with Crippen molar-refractivity contribution in [2.75, 3.05) is 11.1 Å². The molecule has 0 amide bonds. The number of hydrogen-bond acceptors (Lipinski definition) is 8. The van der Waals surface area contributed by atoms with Gasteiger partial charge in [-0.05, 0) is 38.8 Å². The standard InChI is InChI=1S/C15H19N7O/c1-5-10(14-18-9(4)22-23-14)19-15-20-12(16)11-7(2)6-8(3)17-13(11)21-15/h6,10H,5H2,1-4H3,(H3,16,17,19,20,21). The van der Waals surface area contributed by atoms with Gasteiger partial charge in [0.1, 0.15) is 11.9 Å². The highest BCUT2D eigenvalue weighted by Gasteiger charge is 2.18. The summed E-state index contributed by atoms with van der Waals surface area (Å²) in [7, 11) is 0. The molecule has 0 aliphatic heterocycles. The molecule has 0 saturated carbocycles. The summed E-state index contributed by atoms with van der Waals surface area (Å²) < 4.78 is 5.22. The number of nitrogen functional groups attached to an aromatic ring is 1. The van der Waals surface area contributed by atoms with Crippen LogP contribution in [0.1, 0.15) is 42.4 Å². The Morgan fingerprint density at radius 1 is 1.17 bits per heavy atom. The van der Waals surface area contributed by atoms with Gasteiger partial charge in [0.25, 0.3) is 0 Å². The lowest BCUT2D eigenvalue weighted by Crippen LogP contribution is -2.14. The molecule has 0 spiro atoms. The van der Waals surface area contributed by atoms with E-state index in [4.69, 9.17) is 10.3 Å². The number of anilines is 2. The third kappa shape index (κ3) is 2.92. The summed E-state index contributed by atoms with van der Waals surface area (Å²) in [5.41, 5.74) is 8.56. The molecule has 8 nitrogen and oxygen atoms in total. The van der Waals surface area contributed by atoms with Crippen LogP contribution in [0.3, 0.4) is 0 Å². The van der Waals surface area contributed by atoms with Crippen LogP contribution < -0.4 is 11.1 Å². The second-order valence-corrected chi connectivity index (χ2v) is 5.50. The van der Waals surface area contributed by atoms with Gasteiger partial charge in [0.15, 0.2) is 11.5 Å². The number of nitrogens with one attached hydrogen (secondary N) is 1. The minimum Gasteiger partial charge on any atom is -0.383 e. The highest BCUT2D eigenvalue weighted by Crippen LogP contribution is 2.25. The van der Waals surface area contributed by atoms with Gasteiger partial charge in [-0.25, -0.2) is 4.98 Å². The molecule has 3 aromatic heterocycles. The molecule has 120 valence electrons. The Bertz CT molecular complexity index is 858. The van der Waals surface area contributed by atoms with Gasteiger partial charge in [-0.2, -0.15) is 15.0 Å². The summed E-state index contributed by atoms with van der Waals surface area (Å²) in [5, 5.41) is 7.79. The minimum atomic E-state index is -0.182. The number of nitrogens with zero attached hydrogens (tertiary/aromatic N) is 5. The van der Waals surface area contributed by atoms with Crippen LogP contribution in [0.2, 0.25) is 0 Å². The van der Waals surface area contributed by atoms with E-state index in [2.05, 4.69) is 30.4 Å². The Hall–Kier alpha value is -2.77. The van der Waals surface area contributed by atoms with Gasteiger partial charge in [-0.1, -0.05) is 12.1 Å². The number of pyridine rings is 1. The largest absolute Gasteiger partial charge is 0.383 e. The number of aryl methyl sites for hydroxylation is 3. The number of aromatic nitrogens is 5. The maximum Gasteiger partial charge on any atom is 0.249 e. The molecular formula is C15H19N7O. The molecule has 3 rings (SSSR count). The third-order valence-corrected chi connectivity index (χ3v) is 3.57. The quantitative estimate of drug-likeness (QED) is 0.754. The van der Waals surface area contributed by atoms with Crippen LogP contribution in [0.25, 0.3) is 11.0 Å². The molecule has 0 aliphatic carbocycles. The Morgan fingerprint density at radius 3 is 2.61 bits per heavy atom. The molecule has 0 bridgehead atoms. The van der Waals surface area contributed by atoms with Crippen LogP contribution in [0.5, 0.6) is 0 Å². The summed E-state index contributed by atoms with van der Waals surface area (Å²) in [6.45, 7) is 7.68. The topological polar surface area (TPSA) is 116 Å². The molecule has 3 aromatic rings. The minimum absolute atomic E-state index is 0.182. The van der Waals surface area contributed by atoms with Crippen molar-refractivity contribution < 1.29 is 4.52 Å². The number of hydrogen-bond donors (Lipinski definition) is 2. The van der Waals surface area contributed by atoms with Crippen LogP contribution in [0.15, 0.2) is 10.6 Å². The molecule has 1 atom stereocenters. The van der Waals surface area contributed by atoms with E-state index in [1.54, 1.807) is 6.92 Å². The second-order valence-electron chi connectivity index (χ2n) is 5.50. The van der Waals surface area contributed by atoms with Crippen molar-refractivity contribution in [2.45, 2.75) is 40.2 Å².